The number of benzene rings is 2. The Morgan fingerprint density at radius 1 is 1.13 bits per heavy atom. The Morgan fingerprint density at radius 2 is 1.87 bits per heavy atom. The quantitative estimate of drug-likeness (QED) is 0.487. The minimum Gasteiger partial charge on any atom is -0.352 e. The van der Waals surface area contributed by atoms with E-state index in [9.17, 15) is 9.59 Å². The van der Waals surface area contributed by atoms with Gasteiger partial charge in [0.15, 0.2) is 5.16 Å². The SMILES string of the molecule is Cc1ccccc1-n1c(SCC(=O)N[C@H]2CCCC[C@@H]2C)nc2ccccc2c1=O. The molecule has 4 rings (SSSR count). The monoisotopic (exact) mass is 421 g/mol. The van der Waals surface area contributed by atoms with Crippen LogP contribution in [0.4, 0.5) is 0 Å². The number of aromatic nitrogens is 2. The van der Waals surface area contributed by atoms with Crippen molar-refractivity contribution in [1.29, 1.82) is 0 Å². The van der Waals surface area contributed by atoms with Crippen molar-refractivity contribution in [3.8, 4) is 5.69 Å². The molecule has 0 unspecified atom stereocenters. The van der Waals surface area contributed by atoms with Gasteiger partial charge in [-0.15, -0.1) is 0 Å². The fourth-order valence-electron chi connectivity index (χ4n) is 4.15. The number of para-hydroxylation sites is 2. The molecular weight excluding hydrogens is 394 g/mol. The van der Waals surface area contributed by atoms with Crippen LogP contribution in [0.3, 0.4) is 0 Å². The number of rotatable bonds is 5. The smallest absolute Gasteiger partial charge is 0.266 e. The van der Waals surface area contributed by atoms with Crippen LogP contribution in [0.1, 0.15) is 38.2 Å². The fraction of sp³-hybridized carbons (Fsp3) is 0.375. The largest absolute Gasteiger partial charge is 0.352 e. The van der Waals surface area contributed by atoms with Gasteiger partial charge >= 0.3 is 0 Å². The Hall–Kier alpha value is -2.60. The highest BCUT2D eigenvalue weighted by molar-refractivity contribution is 7.99. The maximum Gasteiger partial charge on any atom is 0.266 e. The zero-order valence-corrected chi connectivity index (χ0v) is 18.2. The summed E-state index contributed by atoms with van der Waals surface area (Å²) < 4.78 is 1.64. The molecule has 30 heavy (non-hydrogen) atoms. The molecule has 3 aromatic rings. The normalized spacial score (nSPS) is 19.0. The van der Waals surface area contributed by atoms with Gasteiger partial charge in [-0.2, -0.15) is 0 Å². The molecule has 1 aliphatic carbocycles. The first-order valence-electron chi connectivity index (χ1n) is 10.5. The molecule has 1 heterocycles. The Balaban J connectivity index is 1.64. The second-order valence-corrected chi connectivity index (χ2v) is 9.01. The molecule has 5 nitrogen and oxygen atoms in total. The van der Waals surface area contributed by atoms with Crippen LogP contribution in [-0.4, -0.2) is 27.3 Å². The first kappa shape index (κ1) is 20.7. The van der Waals surface area contributed by atoms with Crippen molar-refractivity contribution in [2.45, 2.75) is 50.7 Å². The lowest BCUT2D eigenvalue weighted by Crippen LogP contribution is -2.41. The lowest BCUT2D eigenvalue weighted by atomic mass is 9.86. The van der Waals surface area contributed by atoms with Gasteiger partial charge in [0.25, 0.3) is 5.56 Å². The Morgan fingerprint density at radius 3 is 2.67 bits per heavy atom. The van der Waals surface area contributed by atoms with E-state index in [-0.39, 0.29) is 23.3 Å². The Bertz CT molecular complexity index is 1120. The van der Waals surface area contributed by atoms with Crippen molar-refractivity contribution in [1.82, 2.24) is 14.9 Å². The topological polar surface area (TPSA) is 64.0 Å². The van der Waals surface area contributed by atoms with E-state index >= 15 is 0 Å². The summed E-state index contributed by atoms with van der Waals surface area (Å²) in [6, 6.07) is 15.4. The van der Waals surface area contributed by atoms with Crippen LogP contribution in [0, 0.1) is 12.8 Å². The highest BCUT2D eigenvalue weighted by Gasteiger charge is 2.23. The summed E-state index contributed by atoms with van der Waals surface area (Å²) in [7, 11) is 0. The van der Waals surface area contributed by atoms with Crippen molar-refractivity contribution in [2.75, 3.05) is 5.75 Å². The third-order valence-electron chi connectivity index (χ3n) is 5.89. The zero-order valence-electron chi connectivity index (χ0n) is 17.4. The fourth-order valence-corrected chi connectivity index (χ4v) is 4.96. The van der Waals surface area contributed by atoms with Gasteiger partial charge in [-0.05, 0) is 49.4 Å². The van der Waals surface area contributed by atoms with Gasteiger partial charge in [-0.3, -0.25) is 14.2 Å². The molecule has 1 aromatic heterocycles. The summed E-state index contributed by atoms with van der Waals surface area (Å²) in [6.45, 7) is 4.18. The Labute approximate surface area is 180 Å². The van der Waals surface area contributed by atoms with Crippen molar-refractivity contribution in [3.63, 3.8) is 0 Å². The molecular formula is C24H27N3O2S. The number of amides is 1. The molecule has 1 aliphatic rings. The third-order valence-corrected chi connectivity index (χ3v) is 6.83. The number of carbonyl (C=O) groups excluding carboxylic acids is 1. The number of nitrogens with one attached hydrogen (secondary N) is 1. The zero-order chi connectivity index (χ0) is 21.1. The number of thioether (sulfide) groups is 1. The van der Waals surface area contributed by atoms with E-state index in [1.165, 1.54) is 24.6 Å². The van der Waals surface area contributed by atoms with Gasteiger partial charge in [-0.1, -0.05) is 61.9 Å². The van der Waals surface area contributed by atoms with E-state index in [2.05, 4.69) is 12.2 Å². The minimum absolute atomic E-state index is 0.00232. The molecule has 156 valence electrons. The molecule has 0 spiro atoms. The van der Waals surface area contributed by atoms with E-state index in [1.54, 1.807) is 10.6 Å². The third kappa shape index (κ3) is 4.29. The predicted octanol–water partition coefficient (Wildman–Crippen LogP) is 4.48. The minimum atomic E-state index is -0.112. The first-order chi connectivity index (χ1) is 14.5. The molecule has 0 radical (unpaired) electrons. The lowest BCUT2D eigenvalue weighted by molar-refractivity contribution is -0.119. The van der Waals surface area contributed by atoms with Crippen LogP contribution >= 0.6 is 11.8 Å². The maximum atomic E-state index is 13.3. The average molecular weight is 422 g/mol. The molecule has 2 aromatic carbocycles. The van der Waals surface area contributed by atoms with E-state index in [0.29, 0.717) is 22.0 Å². The van der Waals surface area contributed by atoms with Crippen molar-refractivity contribution in [3.05, 3.63) is 64.4 Å². The second kappa shape index (κ2) is 9.04. The number of hydrogen-bond acceptors (Lipinski definition) is 4. The number of hydrogen-bond donors (Lipinski definition) is 1. The second-order valence-electron chi connectivity index (χ2n) is 8.06. The van der Waals surface area contributed by atoms with Gasteiger partial charge in [0.2, 0.25) is 5.91 Å². The number of carbonyl (C=O) groups is 1. The summed E-state index contributed by atoms with van der Waals surface area (Å²) in [5, 5.41) is 4.30. The molecule has 1 N–H and O–H groups in total. The van der Waals surface area contributed by atoms with Gasteiger partial charge in [0, 0.05) is 6.04 Å². The molecule has 2 atom stereocenters. The molecule has 0 bridgehead atoms. The maximum absolute atomic E-state index is 13.3. The molecule has 6 heteroatoms. The van der Waals surface area contributed by atoms with Crippen LogP contribution in [0.2, 0.25) is 0 Å². The Kier molecular flexibility index (Phi) is 6.23. The van der Waals surface area contributed by atoms with E-state index in [4.69, 9.17) is 4.98 Å². The highest BCUT2D eigenvalue weighted by Crippen LogP contribution is 2.25. The molecule has 0 aliphatic heterocycles. The first-order valence-corrected chi connectivity index (χ1v) is 11.5. The van der Waals surface area contributed by atoms with Gasteiger partial charge in [0.1, 0.15) is 0 Å². The molecule has 1 amide bonds. The summed E-state index contributed by atoms with van der Waals surface area (Å²) >= 11 is 1.32. The number of nitrogens with zero attached hydrogens (tertiary/aromatic N) is 2. The predicted molar refractivity (Wildman–Crippen MR) is 122 cm³/mol. The number of fused-ring (bicyclic) bond motifs is 1. The summed E-state index contributed by atoms with van der Waals surface area (Å²) in [5.41, 5.74) is 2.32. The van der Waals surface area contributed by atoms with Crippen LogP contribution < -0.4 is 10.9 Å². The van der Waals surface area contributed by atoms with Gasteiger partial charge in [-0.25, -0.2) is 4.98 Å². The van der Waals surface area contributed by atoms with Gasteiger partial charge in [0.05, 0.1) is 22.3 Å². The van der Waals surface area contributed by atoms with E-state index < -0.39 is 0 Å². The summed E-state index contributed by atoms with van der Waals surface area (Å²) in [6.07, 6.45) is 4.62. The van der Waals surface area contributed by atoms with E-state index in [1.807, 2.05) is 49.4 Å². The molecule has 0 saturated heterocycles. The lowest BCUT2D eigenvalue weighted by Gasteiger charge is -2.29. The average Bonchev–Trinajstić information content (AvgIpc) is 2.75. The van der Waals surface area contributed by atoms with Crippen LogP contribution in [0.5, 0.6) is 0 Å². The van der Waals surface area contributed by atoms with Gasteiger partial charge < -0.3 is 5.32 Å². The van der Waals surface area contributed by atoms with Crippen molar-refractivity contribution >= 4 is 28.6 Å². The van der Waals surface area contributed by atoms with Crippen LogP contribution in [0.25, 0.3) is 16.6 Å². The number of aryl methyl sites for hydroxylation is 1. The van der Waals surface area contributed by atoms with Crippen molar-refractivity contribution in [2.24, 2.45) is 5.92 Å². The molecule has 1 fully saturated rings. The van der Waals surface area contributed by atoms with Crippen molar-refractivity contribution < 1.29 is 4.79 Å². The van der Waals surface area contributed by atoms with Crippen LogP contribution in [-0.2, 0) is 4.79 Å². The van der Waals surface area contributed by atoms with Crippen LogP contribution in [0.15, 0.2) is 58.5 Å². The summed E-state index contributed by atoms with van der Waals surface area (Å²) in [5.74, 6) is 0.744. The highest BCUT2D eigenvalue weighted by atomic mass is 32.2. The standard InChI is InChI=1S/C24H27N3O2S/c1-16-9-3-6-12-19(16)25-22(28)15-30-24-26-20-13-7-5-11-18(20)23(29)27(24)21-14-8-4-10-17(21)2/h4-5,7-8,10-11,13-14,16,19H,3,6,9,12,15H2,1-2H3,(H,25,28)/t16-,19-/m0/s1. The molecule has 1 saturated carbocycles. The van der Waals surface area contributed by atoms with E-state index in [0.717, 1.165) is 24.1 Å². The summed E-state index contributed by atoms with van der Waals surface area (Å²) in [4.78, 5) is 30.7.